The largest absolute Gasteiger partial charge is 0.454 e. The lowest BCUT2D eigenvalue weighted by Crippen LogP contribution is -2.03. The second-order valence-corrected chi connectivity index (χ2v) is 14.7. The summed E-state index contributed by atoms with van der Waals surface area (Å²) in [6.07, 6.45) is 0. The first-order valence-electron chi connectivity index (χ1n) is 19.4. The van der Waals surface area contributed by atoms with Gasteiger partial charge in [0.2, 0.25) is 0 Å². The lowest BCUT2D eigenvalue weighted by molar-refractivity contribution is 0.666. The first kappa shape index (κ1) is 31.6. The maximum absolute atomic E-state index is 7.21. The Morgan fingerprint density at radius 1 is 0.368 bits per heavy atom. The van der Waals surface area contributed by atoms with Crippen LogP contribution in [-0.2, 0) is 0 Å². The summed E-state index contributed by atoms with van der Waals surface area (Å²) in [6, 6.07) is 71.2. The molecule has 4 aromatic heterocycles. The molecule has 0 aliphatic rings. The average molecular weight is 728 g/mol. The number of benzene rings is 8. The highest BCUT2D eigenvalue weighted by Gasteiger charge is 2.27. The third-order valence-electron chi connectivity index (χ3n) is 11.5. The van der Waals surface area contributed by atoms with Crippen molar-refractivity contribution < 1.29 is 4.42 Å². The molecule has 0 aliphatic carbocycles. The van der Waals surface area contributed by atoms with Gasteiger partial charge in [-0.15, -0.1) is 0 Å². The van der Waals surface area contributed by atoms with E-state index in [0.717, 1.165) is 89.0 Å². The topological polar surface area (TPSA) is 35.9 Å². The molecule has 0 N–H and O–H groups in total. The van der Waals surface area contributed by atoms with Gasteiger partial charge in [0.25, 0.3) is 0 Å². The highest BCUT2D eigenvalue weighted by Crippen LogP contribution is 2.47. The zero-order valence-corrected chi connectivity index (χ0v) is 30.8. The van der Waals surface area contributed by atoms with Gasteiger partial charge in [-0.3, -0.25) is 0 Å². The van der Waals surface area contributed by atoms with Crippen molar-refractivity contribution in [1.29, 1.82) is 0 Å². The van der Waals surface area contributed by atoms with Crippen molar-refractivity contribution in [2.75, 3.05) is 0 Å². The molecule has 0 aliphatic heterocycles. The van der Waals surface area contributed by atoms with E-state index in [2.05, 4.69) is 209 Å². The summed E-state index contributed by atoms with van der Waals surface area (Å²) < 4.78 is 12.1. The average Bonchev–Trinajstić information content (AvgIpc) is 3.95. The van der Waals surface area contributed by atoms with E-state index in [0.29, 0.717) is 0 Å². The Morgan fingerprint density at radius 3 is 1.30 bits per heavy atom. The van der Waals surface area contributed by atoms with Gasteiger partial charge in [-0.1, -0.05) is 152 Å². The van der Waals surface area contributed by atoms with E-state index in [1.54, 1.807) is 0 Å². The number of hydrogen-bond acceptors (Lipinski definition) is 2. The summed E-state index contributed by atoms with van der Waals surface area (Å²) in [6.45, 7) is 0. The Bertz CT molecular complexity index is 3350. The van der Waals surface area contributed by atoms with Crippen molar-refractivity contribution >= 4 is 65.6 Å². The SMILES string of the molecule is c1ccc(-c2cc(-c3cc(-n4c5ccccc5c5ccccc54)c4c(oc5ccccc54)c3-n3c4ccccc4c4ccccc43)cc(-c3ccccc3)n2)cc1. The van der Waals surface area contributed by atoms with Crippen LogP contribution < -0.4 is 0 Å². The van der Waals surface area contributed by atoms with Crippen LogP contribution in [-0.4, -0.2) is 14.1 Å². The van der Waals surface area contributed by atoms with Gasteiger partial charge in [-0.2, -0.15) is 0 Å². The Morgan fingerprint density at radius 2 is 0.789 bits per heavy atom. The van der Waals surface area contributed by atoms with Crippen LogP contribution in [0.4, 0.5) is 0 Å². The quantitative estimate of drug-likeness (QED) is 0.177. The van der Waals surface area contributed by atoms with E-state index in [-0.39, 0.29) is 0 Å². The van der Waals surface area contributed by atoms with Crippen LogP contribution >= 0.6 is 0 Å². The van der Waals surface area contributed by atoms with Crippen LogP contribution in [0.5, 0.6) is 0 Å². The molecule has 0 unspecified atom stereocenters. The molecule has 0 saturated carbocycles. The molecule has 4 heteroatoms. The summed E-state index contributed by atoms with van der Waals surface area (Å²) in [5, 5.41) is 6.95. The molecule has 4 heterocycles. The molecule has 0 atom stereocenters. The van der Waals surface area contributed by atoms with Gasteiger partial charge in [-0.25, -0.2) is 4.98 Å². The molecule has 266 valence electrons. The molecule has 0 bridgehead atoms. The Kier molecular flexibility index (Phi) is 6.89. The maximum Gasteiger partial charge on any atom is 0.162 e. The standard InChI is InChI=1S/C53H33N3O/c1-3-17-34(18-4-1)43-31-36(32-44(54-43)35-19-5-2-6-20-35)42-33-49(55-45-26-12-7-21-37(45)38-22-8-13-27-46(38)55)51-41-25-11-16-30-50(41)57-53(51)52(42)56-47-28-14-9-23-39(47)40-24-10-15-29-48(40)56/h1-33H. The van der Waals surface area contributed by atoms with E-state index in [1.165, 1.54) is 21.5 Å². The van der Waals surface area contributed by atoms with Gasteiger partial charge in [0, 0.05) is 43.6 Å². The number of hydrogen-bond donors (Lipinski definition) is 0. The maximum atomic E-state index is 7.21. The van der Waals surface area contributed by atoms with Crippen LogP contribution in [0.3, 0.4) is 0 Å². The number of para-hydroxylation sites is 5. The normalized spacial score (nSPS) is 11.9. The number of fused-ring (bicyclic) bond motifs is 9. The van der Waals surface area contributed by atoms with Crippen molar-refractivity contribution in [1.82, 2.24) is 14.1 Å². The van der Waals surface area contributed by atoms with Crippen molar-refractivity contribution in [3.63, 3.8) is 0 Å². The van der Waals surface area contributed by atoms with Crippen molar-refractivity contribution in [3.05, 3.63) is 200 Å². The molecule has 0 fully saturated rings. The highest BCUT2D eigenvalue weighted by atomic mass is 16.3. The predicted octanol–water partition coefficient (Wildman–Crippen LogP) is 14.2. The van der Waals surface area contributed by atoms with E-state index >= 15 is 0 Å². The fraction of sp³-hybridized carbons (Fsp3) is 0. The smallest absolute Gasteiger partial charge is 0.162 e. The number of furan rings is 1. The fourth-order valence-corrected chi connectivity index (χ4v) is 9.03. The Labute approximate surface area is 328 Å². The molecular formula is C53H33N3O. The highest BCUT2D eigenvalue weighted by molar-refractivity contribution is 6.19. The molecule has 0 spiro atoms. The van der Waals surface area contributed by atoms with E-state index in [4.69, 9.17) is 9.40 Å². The van der Waals surface area contributed by atoms with Gasteiger partial charge in [0.15, 0.2) is 5.58 Å². The van der Waals surface area contributed by atoms with Crippen molar-refractivity contribution in [3.8, 4) is 45.0 Å². The molecule has 0 amide bonds. The summed E-state index contributed by atoms with van der Waals surface area (Å²) in [5.41, 5.74) is 14.3. The van der Waals surface area contributed by atoms with Gasteiger partial charge in [-0.05, 0) is 54.1 Å². The third-order valence-corrected chi connectivity index (χ3v) is 11.5. The second kappa shape index (κ2) is 12.4. The Balaban J connectivity index is 1.31. The minimum atomic E-state index is 0.830. The Hall–Kier alpha value is -7.69. The first-order valence-corrected chi connectivity index (χ1v) is 19.4. The minimum Gasteiger partial charge on any atom is -0.454 e. The van der Waals surface area contributed by atoms with E-state index in [1.807, 2.05) is 0 Å². The summed E-state index contributed by atoms with van der Waals surface area (Å²) in [4.78, 5) is 5.31. The number of rotatable bonds is 5. The molecular weight excluding hydrogens is 695 g/mol. The van der Waals surface area contributed by atoms with Crippen LogP contribution in [0.25, 0.3) is 111 Å². The summed E-state index contributed by atoms with van der Waals surface area (Å²) >= 11 is 0. The molecule has 0 saturated heterocycles. The minimum absolute atomic E-state index is 0.830. The zero-order valence-electron chi connectivity index (χ0n) is 30.8. The molecule has 0 radical (unpaired) electrons. The van der Waals surface area contributed by atoms with Crippen molar-refractivity contribution in [2.45, 2.75) is 0 Å². The molecule has 12 rings (SSSR count). The van der Waals surface area contributed by atoms with Gasteiger partial charge in [0.05, 0.1) is 50.2 Å². The number of nitrogens with zero attached hydrogens (tertiary/aromatic N) is 3. The van der Waals surface area contributed by atoms with E-state index < -0.39 is 0 Å². The van der Waals surface area contributed by atoms with Crippen molar-refractivity contribution in [2.24, 2.45) is 0 Å². The molecule has 4 nitrogen and oxygen atoms in total. The van der Waals surface area contributed by atoms with Gasteiger partial charge in [0.1, 0.15) is 5.58 Å². The van der Waals surface area contributed by atoms with E-state index in [9.17, 15) is 0 Å². The first-order chi connectivity index (χ1) is 28.3. The van der Waals surface area contributed by atoms with Gasteiger partial charge < -0.3 is 13.6 Å². The summed E-state index contributed by atoms with van der Waals surface area (Å²) in [7, 11) is 0. The lowest BCUT2D eigenvalue weighted by atomic mass is 9.95. The van der Waals surface area contributed by atoms with Crippen LogP contribution in [0.1, 0.15) is 0 Å². The fourth-order valence-electron chi connectivity index (χ4n) is 9.03. The van der Waals surface area contributed by atoms with Crippen LogP contribution in [0.15, 0.2) is 205 Å². The molecule has 12 aromatic rings. The third kappa shape index (κ3) is 4.77. The van der Waals surface area contributed by atoms with Crippen LogP contribution in [0.2, 0.25) is 0 Å². The second-order valence-electron chi connectivity index (χ2n) is 14.7. The molecule has 8 aromatic carbocycles. The zero-order chi connectivity index (χ0) is 37.5. The van der Waals surface area contributed by atoms with Gasteiger partial charge >= 0.3 is 0 Å². The monoisotopic (exact) mass is 727 g/mol. The van der Waals surface area contributed by atoms with Crippen LogP contribution in [0, 0.1) is 0 Å². The predicted molar refractivity (Wildman–Crippen MR) is 237 cm³/mol. The molecule has 57 heavy (non-hydrogen) atoms. The number of pyridine rings is 1. The lowest BCUT2D eigenvalue weighted by Gasteiger charge is -2.20. The summed E-state index contributed by atoms with van der Waals surface area (Å²) in [5.74, 6) is 0. The number of aromatic nitrogens is 3.